The minimum absolute atomic E-state index is 0.0571. The molecule has 0 unspecified atom stereocenters. The molecular weight excluding hydrogens is 334 g/mol. The van der Waals surface area contributed by atoms with Gasteiger partial charge in [0.2, 0.25) is 0 Å². The predicted molar refractivity (Wildman–Crippen MR) is 109 cm³/mol. The van der Waals surface area contributed by atoms with Gasteiger partial charge in [-0.05, 0) is 50.3 Å². The van der Waals surface area contributed by atoms with Gasteiger partial charge in [-0.3, -0.25) is 4.90 Å². The first-order valence-corrected chi connectivity index (χ1v) is 10.2. The molecule has 0 spiro atoms. The molecule has 0 amide bonds. The van der Waals surface area contributed by atoms with Crippen LogP contribution in [0.5, 0.6) is 0 Å². The van der Waals surface area contributed by atoms with E-state index in [0.29, 0.717) is 12.0 Å². The first-order chi connectivity index (χ1) is 13.1. The summed E-state index contributed by atoms with van der Waals surface area (Å²) >= 11 is 0. The Morgan fingerprint density at radius 2 is 1.93 bits per heavy atom. The molecule has 0 radical (unpaired) electrons. The van der Waals surface area contributed by atoms with E-state index in [-0.39, 0.29) is 11.8 Å². The summed E-state index contributed by atoms with van der Waals surface area (Å²) in [6, 6.07) is 14.5. The molecule has 2 fully saturated rings. The minimum Gasteiger partial charge on any atom is -0.465 e. The quantitative estimate of drug-likeness (QED) is 0.674. The first-order valence-electron chi connectivity index (χ1n) is 10.2. The molecule has 27 heavy (non-hydrogen) atoms. The molecule has 1 aliphatic carbocycles. The summed E-state index contributed by atoms with van der Waals surface area (Å²) < 4.78 is 12.4. The van der Waals surface area contributed by atoms with Gasteiger partial charge in [-0.1, -0.05) is 55.8 Å². The molecule has 0 N–H and O–H groups in total. The molecular formula is C24H31NO2. The van der Waals surface area contributed by atoms with Crippen molar-refractivity contribution in [2.45, 2.75) is 57.9 Å². The number of furan rings is 1. The van der Waals surface area contributed by atoms with Gasteiger partial charge in [-0.2, -0.15) is 0 Å². The molecule has 4 rings (SSSR count). The van der Waals surface area contributed by atoms with Crippen LogP contribution in [0.25, 0.3) is 6.08 Å². The number of rotatable bonds is 4. The Morgan fingerprint density at radius 3 is 2.67 bits per heavy atom. The third kappa shape index (κ3) is 3.76. The van der Waals surface area contributed by atoms with Crippen LogP contribution in [-0.2, 0) is 4.74 Å². The standard InChI is InChI=1S/C24H31NO2/c1-18-13-14-20-22(17-18)27-23(21-12-8-16-26-21)25(24(20,2)3)15-7-11-19-9-5-4-6-10-19/h4-12,16,18,20,22-23H,13-15,17H2,1-3H3/b11-7+/t18-,20-,22-,23+/m1/s1. The Labute approximate surface area is 163 Å². The zero-order valence-corrected chi connectivity index (χ0v) is 16.7. The molecule has 2 aliphatic rings. The zero-order chi connectivity index (χ0) is 18.9. The van der Waals surface area contributed by atoms with Crippen molar-refractivity contribution in [3.8, 4) is 0 Å². The van der Waals surface area contributed by atoms with E-state index < -0.39 is 0 Å². The molecule has 1 saturated carbocycles. The lowest BCUT2D eigenvalue weighted by Gasteiger charge is -2.56. The zero-order valence-electron chi connectivity index (χ0n) is 16.7. The van der Waals surface area contributed by atoms with Gasteiger partial charge < -0.3 is 9.15 Å². The second-order valence-electron chi connectivity index (χ2n) is 8.69. The molecule has 4 atom stereocenters. The highest BCUT2D eigenvalue weighted by Gasteiger charge is 2.51. The van der Waals surface area contributed by atoms with E-state index in [4.69, 9.17) is 9.15 Å². The smallest absolute Gasteiger partial charge is 0.170 e. The number of hydrogen-bond donors (Lipinski definition) is 0. The third-order valence-corrected chi connectivity index (χ3v) is 6.49. The van der Waals surface area contributed by atoms with Crippen molar-refractivity contribution < 1.29 is 9.15 Å². The van der Waals surface area contributed by atoms with Crippen LogP contribution in [-0.4, -0.2) is 23.1 Å². The predicted octanol–water partition coefficient (Wildman–Crippen LogP) is 5.91. The van der Waals surface area contributed by atoms with Crippen LogP contribution < -0.4 is 0 Å². The van der Waals surface area contributed by atoms with E-state index in [2.05, 4.69) is 68.2 Å². The van der Waals surface area contributed by atoms with Crippen LogP contribution in [0.1, 0.15) is 57.6 Å². The van der Waals surface area contributed by atoms with Crippen molar-refractivity contribution in [2.24, 2.45) is 11.8 Å². The molecule has 1 aliphatic heterocycles. The SMILES string of the molecule is C[C@@H]1CC[C@@H]2[C@@H](C1)O[C@@H](c1ccco1)N(C/C=C/c1ccccc1)C2(C)C. The van der Waals surface area contributed by atoms with Gasteiger partial charge in [0.1, 0.15) is 5.76 Å². The van der Waals surface area contributed by atoms with Gasteiger partial charge in [-0.15, -0.1) is 0 Å². The second-order valence-corrected chi connectivity index (χ2v) is 8.69. The maximum Gasteiger partial charge on any atom is 0.170 e. The molecule has 1 aromatic heterocycles. The Morgan fingerprint density at radius 1 is 1.11 bits per heavy atom. The lowest BCUT2D eigenvalue weighted by Crippen LogP contribution is -2.61. The Bertz CT molecular complexity index is 750. The Balaban J connectivity index is 1.60. The molecule has 1 aromatic carbocycles. The van der Waals surface area contributed by atoms with Crippen LogP contribution in [0.4, 0.5) is 0 Å². The fourth-order valence-corrected chi connectivity index (χ4v) is 4.89. The fraction of sp³-hybridized carbons (Fsp3) is 0.500. The number of fused-ring (bicyclic) bond motifs is 1. The summed E-state index contributed by atoms with van der Waals surface area (Å²) in [6.07, 6.45) is 10.1. The van der Waals surface area contributed by atoms with Gasteiger partial charge in [0.15, 0.2) is 6.23 Å². The number of hydrogen-bond acceptors (Lipinski definition) is 3. The second kappa shape index (κ2) is 7.65. The summed E-state index contributed by atoms with van der Waals surface area (Å²) in [5, 5.41) is 0. The monoisotopic (exact) mass is 365 g/mol. The molecule has 144 valence electrons. The van der Waals surface area contributed by atoms with E-state index in [1.165, 1.54) is 18.4 Å². The largest absolute Gasteiger partial charge is 0.465 e. The molecule has 3 heteroatoms. The highest BCUT2D eigenvalue weighted by atomic mass is 16.5. The number of benzene rings is 1. The van der Waals surface area contributed by atoms with E-state index in [1.54, 1.807) is 6.26 Å². The lowest BCUT2D eigenvalue weighted by molar-refractivity contribution is -0.239. The Hall–Kier alpha value is -1.84. The third-order valence-electron chi connectivity index (χ3n) is 6.49. The van der Waals surface area contributed by atoms with E-state index in [1.807, 2.05) is 12.1 Å². The highest BCUT2D eigenvalue weighted by Crippen LogP contribution is 2.48. The molecule has 2 heterocycles. The van der Waals surface area contributed by atoms with Gasteiger partial charge in [-0.25, -0.2) is 0 Å². The summed E-state index contributed by atoms with van der Waals surface area (Å²) in [6.45, 7) is 7.96. The summed E-state index contributed by atoms with van der Waals surface area (Å²) in [5.41, 5.74) is 1.29. The normalized spacial score (nSPS) is 31.1. The average Bonchev–Trinajstić information content (AvgIpc) is 3.18. The minimum atomic E-state index is -0.123. The van der Waals surface area contributed by atoms with Crippen LogP contribution >= 0.6 is 0 Å². The van der Waals surface area contributed by atoms with Crippen molar-refractivity contribution in [1.29, 1.82) is 0 Å². The van der Waals surface area contributed by atoms with E-state index in [9.17, 15) is 0 Å². The average molecular weight is 366 g/mol. The summed E-state index contributed by atoms with van der Waals surface area (Å²) in [7, 11) is 0. The van der Waals surface area contributed by atoms with Gasteiger partial charge in [0.05, 0.1) is 12.4 Å². The van der Waals surface area contributed by atoms with Crippen LogP contribution in [0.2, 0.25) is 0 Å². The van der Waals surface area contributed by atoms with Crippen molar-refractivity contribution >= 4 is 6.08 Å². The fourth-order valence-electron chi connectivity index (χ4n) is 4.89. The van der Waals surface area contributed by atoms with E-state index >= 15 is 0 Å². The first kappa shape index (κ1) is 18.5. The van der Waals surface area contributed by atoms with Gasteiger partial charge in [0, 0.05) is 18.0 Å². The molecule has 1 saturated heterocycles. The number of ether oxygens (including phenoxy) is 1. The van der Waals surface area contributed by atoms with Crippen molar-refractivity contribution in [2.75, 3.05) is 6.54 Å². The van der Waals surface area contributed by atoms with Crippen LogP contribution in [0.15, 0.2) is 59.2 Å². The maximum atomic E-state index is 6.65. The van der Waals surface area contributed by atoms with Gasteiger partial charge >= 0.3 is 0 Å². The van der Waals surface area contributed by atoms with Crippen LogP contribution in [0, 0.1) is 11.8 Å². The summed E-state index contributed by atoms with van der Waals surface area (Å²) in [4.78, 5) is 2.47. The molecule has 0 bridgehead atoms. The molecule has 2 aromatic rings. The number of nitrogens with zero attached hydrogens (tertiary/aromatic N) is 1. The topological polar surface area (TPSA) is 25.6 Å². The van der Waals surface area contributed by atoms with Crippen molar-refractivity contribution in [3.05, 3.63) is 66.1 Å². The Kier molecular flexibility index (Phi) is 5.25. The highest BCUT2D eigenvalue weighted by molar-refractivity contribution is 5.48. The summed E-state index contributed by atoms with van der Waals surface area (Å²) in [5.74, 6) is 2.21. The van der Waals surface area contributed by atoms with Crippen LogP contribution in [0.3, 0.4) is 0 Å². The van der Waals surface area contributed by atoms with E-state index in [0.717, 1.165) is 24.6 Å². The lowest BCUT2D eigenvalue weighted by atomic mass is 9.69. The van der Waals surface area contributed by atoms with Gasteiger partial charge in [0.25, 0.3) is 0 Å². The van der Waals surface area contributed by atoms with Crippen molar-refractivity contribution in [3.63, 3.8) is 0 Å². The molecule has 3 nitrogen and oxygen atoms in total. The maximum absolute atomic E-state index is 6.65. The van der Waals surface area contributed by atoms with Crippen molar-refractivity contribution in [1.82, 2.24) is 4.90 Å².